The van der Waals surface area contributed by atoms with Crippen LogP contribution in [0.1, 0.15) is 51.3 Å². The predicted molar refractivity (Wildman–Crippen MR) is 78.2 cm³/mol. The van der Waals surface area contributed by atoms with Crippen molar-refractivity contribution in [2.24, 2.45) is 5.92 Å². The fraction of sp³-hybridized carbons (Fsp3) is 0.625. The second-order valence-electron chi connectivity index (χ2n) is 5.13. The lowest BCUT2D eigenvalue weighted by molar-refractivity contribution is 0.255. The maximum Gasteiger partial charge on any atom is 0.122 e. The molecule has 2 unspecified atom stereocenters. The van der Waals surface area contributed by atoms with E-state index in [1.54, 1.807) is 0 Å². The van der Waals surface area contributed by atoms with Gasteiger partial charge in [-0.15, -0.1) is 0 Å². The zero-order valence-electron chi connectivity index (χ0n) is 12.4. The third-order valence-corrected chi connectivity index (χ3v) is 3.43. The first-order valence-electron chi connectivity index (χ1n) is 7.05. The van der Waals surface area contributed by atoms with Gasteiger partial charge in [-0.3, -0.25) is 0 Å². The first-order chi connectivity index (χ1) is 8.58. The fourth-order valence-corrected chi connectivity index (χ4v) is 1.88. The zero-order chi connectivity index (χ0) is 13.5. The summed E-state index contributed by atoms with van der Waals surface area (Å²) in [5, 5.41) is 3.43. The Morgan fingerprint density at radius 2 is 1.94 bits per heavy atom. The number of ether oxygens (including phenoxy) is 1. The second kappa shape index (κ2) is 7.42. The Balaban J connectivity index is 2.67. The third kappa shape index (κ3) is 4.34. The van der Waals surface area contributed by atoms with E-state index >= 15 is 0 Å². The van der Waals surface area contributed by atoms with Gasteiger partial charge in [0.2, 0.25) is 0 Å². The van der Waals surface area contributed by atoms with Crippen molar-refractivity contribution in [3.63, 3.8) is 0 Å². The molecule has 1 rings (SSSR count). The average molecular weight is 249 g/mol. The standard InChI is InChI=1S/C16H27NO/c1-6-12(3)11-18-16-9-8-15(10-13(16)4)14(5)17-7-2/h8-10,12,14,17H,6-7,11H2,1-5H3. The summed E-state index contributed by atoms with van der Waals surface area (Å²) in [4.78, 5) is 0. The normalized spacial score (nSPS) is 14.3. The molecule has 0 aliphatic carbocycles. The van der Waals surface area contributed by atoms with Gasteiger partial charge in [0, 0.05) is 6.04 Å². The lowest BCUT2D eigenvalue weighted by Crippen LogP contribution is -2.17. The first-order valence-corrected chi connectivity index (χ1v) is 7.05. The summed E-state index contributed by atoms with van der Waals surface area (Å²) in [6.45, 7) is 12.7. The summed E-state index contributed by atoms with van der Waals surface area (Å²) in [6.07, 6.45) is 1.16. The van der Waals surface area contributed by atoms with E-state index in [1.807, 2.05) is 0 Å². The van der Waals surface area contributed by atoms with Crippen LogP contribution in [0.3, 0.4) is 0 Å². The van der Waals surface area contributed by atoms with Gasteiger partial charge in [0.1, 0.15) is 5.75 Å². The number of hydrogen-bond donors (Lipinski definition) is 1. The number of benzene rings is 1. The van der Waals surface area contributed by atoms with Crippen molar-refractivity contribution in [2.45, 2.75) is 47.1 Å². The van der Waals surface area contributed by atoms with E-state index in [-0.39, 0.29) is 0 Å². The Hall–Kier alpha value is -1.02. The van der Waals surface area contributed by atoms with Gasteiger partial charge in [-0.25, -0.2) is 0 Å². The summed E-state index contributed by atoms with van der Waals surface area (Å²) in [5.74, 6) is 1.63. The van der Waals surface area contributed by atoms with Crippen molar-refractivity contribution in [3.05, 3.63) is 29.3 Å². The summed E-state index contributed by atoms with van der Waals surface area (Å²) in [7, 11) is 0. The number of rotatable bonds is 7. The summed E-state index contributed by atoms with van der Waals surface area (Å²) in [5.41, 5.74) is 2.55. The molecule has 0 heterocycles. The molecule has 0 aliphatic heterocycles. The van der Waals surface area contributed by atoms with E-state index in [0.29, 0.717) is 12.0 Å². The van der Waals surface area contributed by atoms with Crippen LogP contribution in [0, 0.1) is 12.8 Å². The molecule has 18 heavy (non-hydrogen) atoms. The molecule has 0 saturated heterocycles. The van der Waals surface area contributed by atoms with Crippen LogP contribution < -0.4 is 10.1 Å². The molecule has 1 aromatic rings. The van der Waals surface area contributed by atoms with E-state index < -0.39 is 0 Å². The van der Waals surface area contributed by atoms with Crippen LogP contribution in [0.4, 0.5) is 0 Å². The van der Waals surface area contributed by atoms with E-state index in [1.165, 1.54) is 11.1 Å². The highest BCUT2D eigenvalue weighted by atomic mass is 16.5. The van der Waals surface area contributed by atoms with Gasteiger partial charge in [-0.1, -0.05) is 39.3 Å². The van der Waals surface area contributed by atoms with Crippen molar-refractivity contribution in [1.29, 1.82) is 0 Å². The van der Waals surface area contributed by atoms with Crippen LogP contribution in [0.15, 0.2) is 18.2 Å². The fourth-order valence-electron chi connectivity index (χ4n) is 1.88. The van der Waals surface area contributed by atoms with Gasteiger partial charge in [0.15, 0.2) is 0 Å². The molecule has 0 saturated carbocycles. The number of hydrogen-bond acceptors (Lipinski definition) is 2. The van der Waals surface area contributed by atoms with Crippen LogP contribution in [-0.4, -0.2) is 13.2 Å². The molecular formula is C16H27NO. The van der Waals surface area contributed by atoms with Crippen LogP contribution in [-0.2, 0) is 0 Å². The molecule has 0 bridgehead atoms. The minimum atomic E-state index is 0.400. The Kier molecular flexibility index (Phi) is 6.20. The van der Waals surface area contributed by atoms with E-state index in [2.05, 4.69) is 58.1 Å². The van der Waals surface area contributed by atoms with Gasteiger partial charge in [-0.2, -0.15) is 0 Å². The van der Waals surface area contributed by atoms with Crippen molar-refractivity contribution >= 4 is 0 Å². The topological polar surface area (TPSA) is 21.3 Å². The molecule has 2 nitrogen and oxygen atoms in total. The van der Waals surface area contributed by atoms with Gasteiger partial charge in [0.25, 0.3) is 0 Å². The third-order valence-electron chi connectivity index (χ3n) is 3.43. The minimum Gasteiger partial charge on any atom is -0.493 e. The van der Waals surface area contributed by atoms with Gasteiger partial charge in [-0.05, 0) is 43.5 Å². The van der Waals surface area contributed by atoms with Crippen molar-refractivity contribution < 1.29 is 4.74 Å². The highest BCUT2D eigenvalue weighted by Crippen LogP contribution is 2.23. The highest BCUT2D eigenvalue weighted by Gasteiger charge is 2.07. The maximum absolute atomic E-state index is 5.86. The van der Waals surface area contributed by atoms with Gasteiger partial charge in [0.05, 0.1) is 6.61 Å². The van der Waals surface area contributed by atoms with Crippen LogP contribution >= 0.6 is 0 Å². The van der Waals surface area contributed by atoms with Crippen molar-refractivity contribution in [3.8, 4) is 5.75 Å². The van der Waals surface area contributed by atoms with Gasteiger partial charge >= 0.3 is 0 Å². The zero-order valence-corrected chi connectivity index (χ0v) is 12.4. The van der Waals surface area contributed by atoms with E-state index in [9.17, 15) is 0 Å². The SMILES string of the molecule is CCNC(C)c1ccc(OCC(C)CC)c(C)c1. The lowest BCUT2D eigenvalue weighted by Gasteiger charge is -2.17. The van der Waals surface area contributed by atoms with E-state index in [0.717, 1.165) is 25.3 Å². The Morgan fingerprint density at radius 1 is 1.22 bits per heavy atom. The summed E-state index contributed by atoms with van der Waals surface area (Å²) in [6, 6.07) is 6.88. The Bertz CT molecular complexity index is 362. The molecule has 0 fully saturated rings. The minimum absolute atomic E-state index is 0.400. The predicted octanol–water partition coefficient (Wildman–Crippen LogP) is 4.09. The summed E-state index contributed by atoms with van der Waals surface area (Å²) >= 11 is 0. The molecule has 2 heteroatoms. The molecule has 102 valence electrons. The quantitative estimate of drug-likeness (QED) is 0.786. The first kappa shape index (κ1) is 15.0. The largest absolute Gasteiger partial charge is 0.493 e. The highest BCUT2D eigenvalue weighted by molar-refractivity contribution is 5.37. The molecule has 1 aromatic carbocycles. The van der Waals surface area contributed by atoms with Crippen molar-refractivity contribution in [1.82, 2.24) is 5.32 Å². The smallest absolute Gasteiger partial charge is 0.122 e. The number of nitrogens with one attached hydrogen (secondary N) is 1. The molecule has 1 N–H and O–H groups in total. The van der Waals surface area contributed by atoms with Gasteiger partial charge < -0.3 is 10.1 Å². The summed E-state index contributed by atoms with van der Waals surface area (Å²) < 4.78 is 5.86. The molecule has 2 atom stereocenters. The molecule has 0 radical (unpaired) electrons. The van der Waals surface area contributed by atoms with E-state index in [4.69, 9.17) is 4.74 Å². The molecule has 0 aliphatic rings. The van der Waals surface area contributed by atoms with Crippen LogP contribution in [0.5, 0.6) is 5.75 Å². The monoisotopic (exact) mass is 249 g/mol. The molecule has 0 spiro atoms. The average Bonchev–Trinajstić information content (AvgIpc) is 2.37. The Morgan fingerprint density at radius 3 is 2.50 bits per heavy atom. The Labute approximate surface area is 112 Å². The maximum atomic E-state index is 5.86. The molecule has 0 aromatic heterocycles. The van der Waals surface area contributed by atoms with Crippen molar-refractivity contribution in [2.75, 3.05) is 13.2 Å². The molecular weight excluding hydrogens is 222 g/mol. The van der Waals surface area contributed by atoms with Crippen LogP contribution in [0.2, 0.25) is 0 Å². The van der Waals surface area contributed by atoms with Crippen LogP contribution in [0.25, 0.3) is 0 Å². The number of aryl methyl sites for hydroxylation is 1. The second-order valence-corrected chi connectivity index (χ2v) is 5.13. The molecule has 0 amide bonds. The lowest BCUT2D eigenvalue weighted by atomic mass is 10.0.